The van der Waals surface area contributed by atoms with Crippen molar-refractivity contribution in [3.63, 3.8) is 0 Å². The predicted octanol–water partition coefficient (Wildman–Crippen LogP) is 2.37. The number of aliphatic hydroxyl groups excluding tert-OH is 1. The molecule has 1 N–H and O–H groups in total. The second-order valence-electron chi connectivity index (χ2n) is 8.57. The number of amides is 2. The molecular formula is C17H30N2O5. The van der Waals surface area contributed by atoms with E-state index in [2.05, 4.69) is 0 Å². The maximum Gasteiger partial charge on any atom is 0.410 e. The first-order chi connectivity index (χ1) is 10.9. The zero-order valence-electron chi connectivity index (χ0n) is 15.5. The summed E-state index contributed by atoms with van der Waals surface area (Å²) in [6.45, 7) is 11.1. The molecule has 0 unspecified atom stereocenters. The summed E-state index contributed by atoms with van der Waals surface area (Å²) in [6.07, 6.45) is 0.716. The van der Waals surface area contributed by atoms with Crippen LogP contribution in [0.3, 0.4) is 0 Å². The van der Waals surface area contributed by atoms with Crippen molar-refractivity contribution in [1.82, 2.24) is 9.80 Å². The minimum atomic E-state index is -0.599. The molecule has 2 heterocycles. The standard InChI is InChI=1S/C17H30N2O5/c1-16(2,3)23-14(21)18-9-11-7-8-12(13(18)10-20)19(11)15(22)24-17(4,5)6/h11-13,20H,7-10H2,1-6H3/t11-,12+,13+/m1/s1. The molecule has 7 heteroatoms. The molecule has 0 radical (unpaired) electrons. The molecule has 2 aliphatic rings. The number of hydrogen-bond donors (Lipinski definition) is 1. The van der Waals surface area contributed by atoms with Crippen molar-refractivity contribution in [1.29, 1.82) is 0 Å². The van der Waals surface area contributed by atoms with Crippen LogP contribution in [0.1, 0.15) is 54.4 Å². The predicted molar refractivity (Wildman–Crippen MR) is 88.7 cm³/mol. The Morgan fingerprint density at radius 1 is 1.00 bits per heavy atom. The fourth-order valence-electron chi connectivity index (χ4n) is 3.39. The van der Waals surface area contributed by atoms with Gasteiger partial charge in [0.25, 0.3) is 0 Å². The minimum Gasteiger partial charge on any atom is -0.444 e. The van der Waals surface area contributed by atoms with Gasteiger partial charge in [0, 0.05) is 6.54 Å². The lowest BCUT2D eigenvalue weighted by molar-refractivity contribution is -0.0448. The summed E-state index contributed by atoms with van der Waals surface area (Å²) in [4.78, 5) is 28.3. The van der Waals surface area contributed by atoms with Crippen molar-refractivity contribution in [2.45, 2.75) is 83.7 Å². The van der Waals surface area contributed by atoms with E-state index in [0.29, 0.717) is 6.54 Å². The largest absolute Gasteiger partial charge is 0.444 e. The summed E-state index contributed by atoms with van der Waals surface area (Å²) >= 11 is 0. The lowest BCUT2D eigenvalue weighted by Gasteiger charge is -2.46. The first-order valence-electron chi connectivity index (χ1n) is 8.55. The molecule has 2 bridgehead atoms. The van der Waals surface area contributed by atoms with Crippen LogP contribution in [-0.2, 0) is 9.47 Å². The number of aliphatic hydroxyl groups is 1. The molecule has 7 nitrogen and oxygen atoms in total. The van der Waals surface area contributed by atoms with Gasteiger partial charge in [-0.25, -0.2) is 9.59 Å². The molecule has 0 aromatic rings. The third-order valence-corrected chi connectivity index (χ3v) is 4.22. The van der Waals surface area contributed by atoms with Gasteiger partial charge < -0.3 is 14.6 Å². The van der Waals surface area contributed by atoms with Crippen LogP contribution in [0.25, 0.3) is 0 Å². The smallest absolute Gasteiger partial charge is 0.410 e. The zero-order valence-corrected chi connectivity index (χ0v) is 15.5. The van der Waals surface area contributed by atoms with Gasteiger partial charge in [0.05, 0.1) is 24.7 Å². The summed E-state index contributed by atoms with van der Waals surface area (Å²) in [5, 5.41) is 9.83. The fourth-order valence-corrected chi connectivity index (χ4v) is 3.39. The van der Waals surface area contributed by atoms with Gasteiger partial charge in [0.15, 0.2) is 0 Å². The normalized spacial score (nSPS) is 27.2. The third-order valence-electron chi connectivity index (χ3n) is 4.22. The lowest BCUT2D eigenvalue weighted by Crippen LogP contribution is -2.64. The molecule has 2 saturated heterocycles. The number of carbonyl (C=O) groups is 2. The lowest BCUT2D eigenvalue weighted by atomic mass is 10.0. The van der Waals surface area contributed by atoms with Gasteiger partial charge in [-0.05, 0) is 54.4 Å². The van der Waals surface area contributed by atoms with Crippen molar-refractivity contribution in [2.24, 2.45) is 0 Å². The first-order valence-corrected chi connectivity index (χ1v) is 8.55. The molecule has 138 valence electrons. The van der Waals surface area contributed by atoms with E-state index in [1.54, 1.807) is 9.80 Å². The van der Waals surface area contributed by atoms with Crippen LogP contribution < -0.4 is 0 Å². The summed E-state index contributed by atoms with van der Waals surface area (Å²) in [7, 11) is 0. The molecule has 2 amide bonds. The number of fused-ring (bicyclic) bond motifs is 2. The molecular weight excluding hydrogens is 312 g/mol. The molecule has 0 aliphatic carbocycles. The highest BCUT2D eigenvalue weighted by Gasteiger charge is 2.51. The van der Waals surface area contributed by atoms with Crippen molar-refractivity contribution in [3.8, 4) is 0 Å². The second-order valence-corrected chi connectivity index (χ2v) is 8.57. The van der Waals surface area contributed by atoms with Gasteiger partial charge in [-0.2, -0.15) is 0 Å². The van der Waals surface area contributed by atoms with Crippen LogP contribution in [0.5, 0.6) is 0 Å². The molecule has 2 fully saturated rings. The van der Waals surface area contributed by atoms with E-state index >= 15 is 0 Å². The van der Waals surface area contributed by atoms with E-state index in [9.17, 15) is 14.7 Å². The number of nitrogens with zero attached hydrogens (tertiary/aromatic N) is 2. The maximum atomic E-state index is 12.5. The van der Waals surface area contributed by atoms with Crippen LogP contribution >= 0.6 is 0 Å². The number of piperazine rings is 1. The van der Waals surface area contributed by atoms with Crippen molar-refractivity contribution >= 4 is 12.2 Å². The Balaban J connectivity index is 2.16. The third kappa shape index (κ3) is 4.12. The molecule has 24 heavy (non-hydrogen) atoms. The highest BCUT2D eigenvalue weighted by atomic mass is 16.6. The maximum absolute atomic E-state index is 12.5. The van der Waals surface area contributed by atoms with Crippen LogP contribution in [0.4, 0.5) is 9.59 Å². The summed E-state index contributed by atoms with van der Waals surface area (Å²) in [5.74, 6) is 0. The average molecular weight is 342 g/mol. The van der Waals surface area contributed by atoms with Crippen LogP contribution in [0.15, 0.2) is 0 Å². The Bertz CT molecular complexity index is 494. The Morgan fingerprint density at radius 2 is 1.54 bits per heavy atom. The Hall–Kier alpha value is -1.50. The van der Waals surface area contributed by atoms with E-state index in [4.69, 9.17) is 9.47 Å². The number of ether oxygens (including phenoxy) is 2. The Morgan fingerprint density at radius 3 is 2.04 bits per heavy atom. The summed E-state index contributed by atoms with van der Waals surface area (Å²) in [6, 6.07) is -0.803. The zero-order chi connectivity index (χ0) is 18.3. The quantitative estimate of drug-likeness (QED) is 0.791. The highest BCUT2D eigenvalue weighted by Crippen LogP contribution is 2.36. The van der Waals surface area contributed by atoms with Crippen LogP contribution in [0, 0.1) is 0 Å². The van der Waals surface area contributed by atoms with Crippen molar-refractivity contribution < 1.29 is 24.2 Å². The second kappa shape index (κ2) is 6.43. The molecule has 0 aromatic heterocycles. The van der Waals surface area contributed by atoms with Gasteiger partial charge in [-0.1, -0.05) is 0 Å². The van der Waals surface area contributed by atoms with Crippen LogP contribution in [0.2, 0.25) is 0 Å². The van der Waals surface area contributed by atoms with E-state index in [-0.39, 0.29) is 24.8 Å². The molecule has 3 atom stereocenters. The first kappa shape index (κ1) is 18.8. The summed E-state index contributed by atoms with van der Waals surface area (Å²) < 4.78 is 10.9. The molecule has 0 spiro atoms. The number of likely N-dealkylation sites (tertiary alicyclic amines) is 1. The van der Waals surface area contributed by atoms with E-state index in [0.717, 1.165) is 12.8 Å². The van der Waals surface area contributed by atoms with Gasteiger partial charge >= 0.3 is 12.2 Å². The fraction of sp³-hybridized carbons (Fsp3) is 0.882. The average Bonchev–Trinajstić information content (AvgIpc) is 2.70. The summed E-state index contributed by atoms with van der Waals surface area (Å²) in [5.41, 5.74) is -1.17. The molecule has 2 rings (SSSR count). The van der Waals surface area contributed by atoms with E-state index in [1.165, 1.54) is 0 Å². The van der Waals surface area contributed by atoms with E-state index in [1.807, 2.05) is 41.5 Å². The molecule has 0 saturated carbocycles. The minimum absolute atomic E-state index is 0.0971. The van der Waals surface area contributed by atoms with Gasteiger partial charge in [-0.15, -0.1) is 0 Å². The van der Waals surface area contributed by atoms with Crippen molar-refractivity contribution in [2.75, 3.05) is 13.2 Å². The number of rotatable bonds is 1. The molecule has 2 aliphatic heterocycles. The number of hydrogen-bond acceptors (Lipinski definition) is 5. The van der Waals surface area contributed by atoms with Crippen molar-refractivity contribution in [3.05, 3.63) is 0 Å². The monoisotopic (exact) mass is 342 g/mol. The molecule has 0 aromatic carbocycles. The SMILES string of the molecule is CC(C)(C)OC(=O)N1C[C@H]2CC[C@@H]([C@@H]1CO)N2C(=O)OC(C)(C)C. The number of carbonyl (C=O) groups excluding carboxylic acids is 2. The van der Waals surface area contributed by atoms with E-state index < -0.39 is 23.3 Å². The van der Waals surface area contributed by atoms with Gasteiger partial charge in [-0.3, -0.25) is 9.80 Å². The van der Waals surface area contributed by atoms with Gasteiger partial charge in [0.2, 0.25) is 0 Å². The Labute approximate surface area is 143 Å². The Kier molecular flexibility index (Phi) is 5.04. The topological polar surface area (TPSA) is 79.3 Å². The van der Waals surface area contributed by atoms with Crippen LogP contribution in [-0.4, -0.2) is 69.6 Å². The van der Waals surface area contributed by atoms with Gasteiger partial charge in [0.1, 0.15) is 11.2 Å². The highest BCUT2D eigenvalue weighted by molar-refractivity contribution is 5.72.